The number of aliphatic hydroxyl groups excluding tert-OH is 1. The van der Waals surface area contributed by atoms with Crippen LogP contribution in [0.2, 0.25) is 0 Å². The molecule has 1 aliphatic rings. The normalized spacial score (nSPS) is 16.3. The minimum Gasteiger partial charge on any atom is -0.489 e. The lowest BCUT2D eigenvalue weighted by Crippen LogP contribution is -2.33. The fraction of sp³-hybridized carbons (Fsp3) is 0.333. The second-order valence-electron chi connectivity index (χ2n) is 6.90. The van der Waals surface area contributed by atoms with Gasteiger partial charge in [0.15, 0.2) is 0 Å². The molecule has 28 heavy (non-hydrogen) atoms. The fourth-order valence-corrected chi connectivity index (χ4v) is 3.56. The molecule has 0 aliphatic carbocycles. The maximum atomic E-state index is 9.67. The molecule has 0 radical (unpaired) electrons. The SMILES string of the molecule is Cc1nc(N2CCCC2CO)c2ccc(OCc3ccc(C#N)nc3)cc2n1. The number of aromatic nitrogens is 3. The monoisotopic (exact) mass is 375 g/mol. The van der Waals surface area contributed by atoms with Gasteiger partial charge in [0.25, 0.3) is 0 Å². The van der Waals surface area contributed by atoms with E-state index in [1.54, 1.807) is 12.3 Å². The molecule has 3 heterocycles. The van der Waals surface area contributed by atoms with Crippen LogP contribution in [0.5, 0.6) is 5.75 Å². The molecular formula is C21H21N5O2. The van der Waals surface area contributed by atoms with Crippen LogP contribution in [0.1, 0.15) is 29.9 Å². The topological polar surface area (TPSA) is 95.2 Å². The van der Waals surface area contributed by atoms with Gasteiger partial charge in [-0.3, -0.25) is 0 Å². The van der Waals surface area contributed by atoms with Gasteiger partial charge in [-0.05, 0) is 38.0 Å². The van der Waals surface area contributed by atoms with Crippen molar-refractivity contribution in [3.63, 3.8) is 0 Å². The number of hydrogen-bond acceptors (Lipinski definition) is 7. The molecule has 1 atom stereocenters. The number of aliphatic hydroxyl groups is 1. The van der Waals surface area contributed by atoms with Crippen molar-refractivity contribution in [2.45, 2.75) is 32.4 Å². The molecule has 1 aromatic carbocycles. The quantitative estimate of drug-likeness (QED) is 0.732. The van der Waals surface area contributed by atoms with E-state index < -0.39 is 0 Å². The van der Waals surface area contributed by atoms with Gasteiger partial charge in [0.1, 0.15) is 35.8 Å². The van der Waals surface area contributed by atoms with Crippen molar-refractivity contribution in [2.75, 3.05) is 18.1 Å². The molecule has 0 bridgehead atoms. The molecule has 1 fully saturated rings. The first-order valence-electron chi connectivity index (χ1n) is 9.31. The predicted octanol–water partition coefficient (Wildman–Crippen LogP) is 2.75. The first kappa shape index (κ1) is 18.1. The number of rotatable bonds is 5. The van der Waals surface area contributed by atoms with Crippen LogP contribution in [0.3, 0.4) is 0 Å². The summed E-state index contributed by atoms with van der Waals surface area (Å²) in [6.07, 6.45) is 3.67. The Labute approximate surface area is 163 Å². The molecule has 142 valence electrons. The molecule has 0 spiro atoms. The summed E-state index contributed by atoms with van der Waals surface area (Å²) in [5.74, 6) is 2.28. The molecule has 1 aliphatic heterocycles. The van der Waals surface area contributed by atoms with Crippen LogP contribution < -0.4 is 9.64 Å². The standard InChI is InChI=1S/C21H21N5O2/c1-14-24-20-9-18(28-13-15-4-5-16(10-22)23-11-15)6-7-19(20)21(25-14)26-8-2-3-17(26)12-27/h4-7,9,11,17,27H,2-3,8,12-13H2,1H3. The van der Waals surface area contributed by atoms with Gasteiger partial charge in [0.2, 0.25) is 0 Å². The van der Waals surface area contributed by atoms with Gasteiger partial charge in [-0.25, -0.2) is 15.0 Å². The molecule has 0 saturated carbocycles. The Morgan fingerprint density at radius 2 is 2.18 bits per heavy atom. The number of benzene rings is 1. The van der Waals surface area contributed by atoms with Crippen molar-refractivity contribution in [1.82, 2.24) is 15.0 Å². The van der Waals surface area contributed by atoms with Gasteiger partial charge in [-0.1, -0.05) is 6.07 Å². The van der Waals surface area contributed by atoms with Crippen LogP contribution in [0.25, 0.3) is 10.9 Å². The van der Waals surface area contributed by atoms with Crippen LogP contribution in [0, 0.1) is 18.3 Å². The fourth-order valence-electron chi connectivity index (χ4n) is 3.56. The summed E-state index contributed by atoms with van der Waals surface area (Å²) in [5, 5.41) is 19.4. The van der Waals surface area contributed by atoms with Gasteiger partial charge in [0.05, 0.1) is 18.2 Å². The first-order valence-corrected chi connectivity index (χ1v) is 9.31. The number of ether oxygens (including phenoxy) is 1. The molecule has 0 amide bonds. The highest BCUT2D eigenvalue weighted by molar-refractivity contribution is 5.90. The lowest BCUT2D eigenvalue weighted by atomic mass is 10.2. The number of fused-ring (bicyclic) bond motifs is 1. The van der Waals surface area contributed by atoms with Crippen molar-refractivity contribution < 1.29 is 9.84 Å². The summed E-state index contributed by atoms with van der Waals surface area (Å²) in [6, 6.07) is 11.4. The highest BCUT2D eigenvalue weighted by Gasteiger charge is 2.26. The third kappa shape index (κ3) is 3.59. The minimum atomic E-state index is 0.109. The van der Waals surface area contributed by atoms with Crippen LogP contribution in [0.4, 0.5) is 5.82 Å². The molecule has 7 nitrogen and oxygen atoms in total. The highest BCUT2D eigenvalue weighted by Crippen LogP contribution is 2.31. The Morgan fingerprint density at radius 3 is 2.93 bits per heavy atom. The van der Waals surface area contributed by atoms with E-state index in [4.69, 9.17) is 10.00 Å². The molecule has 4 rings (SSSR count). The Hall–Kier alpha value is -3.24. The molecule has 1 unspecified atom stereocenters. The van der Waals surface area contributed by atoms with E-state index >= 15 is 0 Å². The average Bonchev–Trinajstić information content (AvgIpc) is 3.20. The molecule has 7 heteroatoms. The number of hydrogen-bond donors (Lipinski definition) is 1. The van der Waals surface area contributed by atoms with E-state index in [1.165, 1.54) is 0 Å². The zero-order valence-corrected chi connectivity index (χ0v) is 15.7. The van der Waals surface area contributed by atoms with Crippen molar-refractivity contribution in [2.24, 2.45) is 0 Å². The number of pyridine rings is 1. The van der Waals surface area contributed by atoms with Crippen molar-refractivity contribution in [1.29, 1.82) is 5.26 Å². The molecule has 3 aromatic rings. The molecule has 1 saturated heterocycles. The maximum Gasteiger partial charge on any atom is 0.140 e. The summed E-state index contributed by atoms with van der Waals surface area (Å²) in [7, 11) is 0. The van der Waals surface area contributed by atoms with Crippen LogP contribution in [-0.4, -0.2) is 39.3 Å². The van der Waals surface area contributed by atoms with E-state index in [0.717, 1.165) is 41.7 Å². The lowest BCUT2D eigenvalue weighted by molar-refractivity contribution is 0.266. The third-order valence-electron chi connectivity index (χ3n) is 4.96. The van der Waals surface area contributed by atoms with Gasteiger partial charge in [-0.15, -0.1) is 0 Å². The molecule has 1 N–H and O–H groups in total. The highest BCUT2D eigenvalue weighted by atomic mass is 16.5. The van der Waals surface area contributed by atoms with Gasteiger partial charge in [0, 0.05) is 29.8 Å². The minimum absolute atomic E-state index is 0.109. The largest absolute Gasteiger partial charge is 0.489 e. The average molecular weight is 375 g/mol. The van der Waals surface area contributed by atoms with Gasteiger partial charge < -0.3 is 14.7 Å². The Bertz CT molecular complexity index is 1030. The second-order valence-corrected chi connectivity index (χ2v) is 6.90. The second kappa shape index (κ2) is 7.79. The Balaban J connectivity index is 1.59. The lowest BCUT2D eigenvalue weighted by Gasteiger charge is -2.25. The van der Waals surface area contributed by atoms with E-state index in [2.05, 4.69) is 19.9 Å². The number of anilines is 1. The van der Waals surface area contributed by atoms with Gasteiger partial charge in [-0.2, -0.15) is 5.26 Å². The van der Waals surface area contributed by atoms with E-state index in [9.17, 15) is 5.11 Å². The van der Waals surface area contributed by atoms with Crippen LogP contribution in [-0.2, 0) is 6.61 Å². The van der Waals surface area contributed by atoms with E-state index in [0.29, 0.717) is 23.9 Å². The maximum absolute atomic E-state index is 9.67. The summed E-state index contributed by atoms with van der Waals surface area (Å²) in [5.41, 5.74) is 2.10. The van der Waals surface area contributed by atoms with Gasteiger partial charge >= 0.3 is 0 Å². The third-order valence-corrected chi connectivity index (χ3v) is 4.96. The molecule has 2 aromatic heterocycles. The predicted molar refractivity (Wildman–Crippen MR) is 105 cm³/mol. The number of aryl methyl sites for hydroxylation is 1. The summed E-state index contributed by atoms with van der Waals surface area (Å²) < 4.78 is 5.88. The zero-order chi connectivity index (χ0) is 19.5. The first-order chi connectivity index (χ1) is 13.7. The zero-order valence-electron chi connectivity index (χ0n) is 15.7. The van der Waals surface area contributed by atoms with Crippen molar-refractivity contribution in [3.05, 3.63) is 53.6 Å². The van der Waals surface area contributed by atoms with E-state index in [1.807, 2.05) is 37.3 Å². The summed E-state index contributed by atoms with van der Waals surface area (Å²) >= 11 is 0. The Kier molecular flexibility index (Phi) is 5.04. The number of nitrogens with zero attached hydrogens (tertiary/aromatic N) is 5. The Morgan fingerprint density at radius 1 is 1.29 bits per heavy atom. The van der Waals surface area contributed by atoms with Crippen LogP contribution >= 0.6 is 0 Å². The molecular weight excluding hydrogens is 354 g/mol. The van der Waals surface area contributed by atoms with Crippen molar-refractivity contribution >= 4 is 16.7 Å². The van der Waals surface area contributed by atoms with E-state index in [-0.39, 0.29) is 12.6 Å². The smallest absolute Gasteiger partial charge is 0.140 e. The number of nitriles is 1. The summed E-state index contributed by atoms with van der Waals surface area (Å²) in [4.78, 5) is 15.5. The van der Waals surface area contributed by atoms with Crippen LogP contribution in [0.15, 0.2) is 36.5 Å². The van der Waals surface area contributed by atoms with Crippen molar-refractivity contribution in [3.8, 4) is 11.8 Å². The summed E-state index contributed by atoms with van der Waals surface area (Å²) in [6.45, 7) is 3.26.